The van der Waals surface area contributed by atoms with Crippen LogP contribution in [0.1, 0.15) is 57.2 Å². The van der Waals surface area contributed by atoms with Crippen LogP contribution in [0.3, 0.4) is 0 Å². The Morgan fingerprint density at radius 1 is 1.13 bits per heavy atom. The lowest BCUT2D eigenvalue weighted by Crippen LogP contribution is -2.57. The molecule has 0 radical (unpaired) electrons. The number of carbonyl (C=O) groups excluding carboxylic acids is 2. The molecule has 2 aromatic carbocycles. The molecular weight excluding hydrogens is 582 g/mol. The zero-order valence-corrected chi connectivity index (χ0v) is 27.0. The van der Waals surface area contributed by atoms with Crippen molar-refractivity contribution in [3.63, 3.8) is 0 Å². The van der Waals surface area contributed by atoms with Gasteiger partial charge in [-0.25, -0.2) is 0 Å². The largest absolute Gasteiger partial charge is 0.486 e. The molecule has 2 amide bonds. The fourth-order valence-corrected chi connectivity index (χ4v) is 7.71. The maximum atomic E-state index is 14.2. The molecule has 2 aliphatic carbocycles. The first-order valence-corrected chi connectivity index (χ1v) is 16.8. The van der Waals surface area contributed by atoms with Crippen molar-refractivity contribution in [3.05, 3.63) is 77.5 Å². The van der Waals surface area contributed by atoms with E-state index in [0.717, 1.165) is 35.0 Å². The van der Waals surface area contributed by atoms with Gasteiger partial charge in [0.05, 0.1) is 24.7 Å². The third kappa shape index (κ3) is 6.59. The Labute approximate surface area is 271 Å². The molecule has 7 unspecified atom stereocenters. The molecule has 0 bridgehead atoms. The number of amides is 2. The molecule has 9 heteroatoms. The summed E-state index contributed by atoms with van der Waals surface area (Å²) in [5.41, 5.74) is 3.23. The minimum Gasteiger partial charge on any atom is -0.486 e. The predicted molar refractivity (Wildman–Crippen MR) is 176 cm³/mol. The number of benzene rings is 2. The number of aromatic amines is 1. The number of aliphatic hydroxyl groups excluding tert-OH is 2. The minimum absolute atomic E-state index is 0.00746. The average molecular weight is 630 g/mol. The van der Waals surface area contributed by atoms with E-state index in [4.69, 9.17) is 9.47 Å². The maximum absolute atomic E-state index is 14.2. The second-order valence-electron chi connectivity index (χ2n) is 13.6. The molecule has 1 aromatic heterocycles. The van der Waals surface area contributed by atoms with E-state index >= 15 is 0 Å². The summed E-state index contributed by atoms with van der Waals surface area (Å²) in [7, 11) is 0. The van der Waals surface area contributed by atoms with Gasteiger partial charge in [0, 0.05) is 41.9 Å². The Morgan fingerprint density at radius 2 is 1.91 bits per heavy atom. The summed E-state index contributed by atoms with van der Waals surface area (Å²) in [5.74, 6) is 0.901. The number of para-hydroxylation sites is 2. The molecule has 1 aliphatic heterocycles. The van der Waals surface area contributed by atoms with E-state index in [1.54, 1.807) is 11.0 Å². The number of carbonyl (C=O) groups is 2. The second kappa shape index (κ2) is 14.0. The van der Waals surface area contributed by atoms with Gasteiger partial charge >= 0.3 is 0 Å². The van der Waals surface area contributed by atoms with Crippen LogP contribution in [0, 0.1) is 17.8 Å². The van der Waals surface area contributed by atoms with Gasteiger partial charge in [0.1, 0.15) is 24.6 Å². The highest BCUT2D eigenvalue weighted by Gasteiger charge is 2.50. The number of nitrogens with one attached hydrogen (secondary N) is 2. The lowest BCUT2D eigenvalue weighted by Gasteiger charge is -2.41. The predicted octanol–water partition coefficient (Wildman–Crippen LogP) is 4.34. The summed E-state index contributed by atoms with van der Waals surface area (Å²) >= 11 is 0. The monoisotopic (exact) mass is 629 g/mol. The fourth-order valence-electron chi connectivity index (χ4n) is 7.71. The Hall–Kier alpha value is -3.66. The highest BCUT2D eigenvalue weighted by molar-refractivity contribution is 5.96. The molecule has 1 fully saturated rings. The number of nitrogens with zero attached hydrogens (tertiary/aromatic N) is 1. The van der Waals surface area contributed by atoms with E-state index in [2.05, 4.69) is 37.1 Å². The molecular formula is C37H47N3O6. The molecule has 1 saturated carbocycles. The first kappa shape index (κ1) is 32.3. The molecule has 3 aliphatic rings. The van der Waals surface area contributed by atoms with Crippen LogP contribution in [0.5, 0.6) is 5.75 Å². The highest BCUT2D eigenvalue weighted by atomic mass is 16.5. The summed E-state index contributed by atoms with van der Waals surface area (Å²) in [6.45, 7) is 6.77. The zero-order valence-electron chi connectivity index (χ0n) is 27.0. The van der Waals surface area contributed by atoms with Gasteiger partial charge < -0.3 is 34.9 Å². The number of rotatable bonds is 11. The third-order valence-electron chi connectivity index (χ3n) is 10.1. The minimum atomic E-state index is -1.09. The molecule has 6 rings (SSSR count). The average Bonchev–Trinajstić information content (AvgIpc) is 3.65. The van der Waals surface area contributed by atoms with Crippen LogP contribution in [-0.2, 0) is 20.7 Å². The lowest BCUT2D eigenvalue weighted by atomic mass is 9.75. The molecule has 3 aromatic rings. The summed E-state index contributed by atoms with van der Waals surface area (Å²) in [4.78, 5) is 32.9. The zero-order chi connectivity index (χ0) is 32.4. The van der Waals surface area contributed by atoms with E-state index in [1.165, 1.54) is 6.42 Å². The Balaban J connectivity index is 1.31. The SMILES string of the molecule is CC1CCC(C(C)C)C(OCC(=O)N(CCc2cc3ccccc3[nH]2)C2C=C(C(=O)NCCO)C3c4ccccc4OC3C2O)C1. The van der Waals surface area contributed by atoms with Crippen LogP contribution in [0.15, 0.2) is 66.2 Å². The molecule has 7 atom stereocenters. The van der Waals surface area contributed by atoms with Crippen LogP contribution in [0.4, 0.5) is 0 Å². The van der Waals surface area contributed by atoms with E-state index in [1.807, 2.05) is 48.5 Å². The van der Waals surface area contributed by atoms with E-state index < -0.39 is 24.2 Å². The van der Waals surface area contributed by atoms with Crippen molar-refractivity contribution in [1.29, 1.82) is 0 Å². The number of ether oxygens (including phenoxy) is 2. The normalized spacial score (nSPS) is 27.1. The summed E-state index contributed by atoms with van der Waals surface area (Å²) in [5, 5.41) is 25.2. The molecule has 246 valence electrons. The molecule has 2 heterocycles. The molecule has 46 heavy (non-hydrogen) atoms. The smallest absolute Gasteiger partial charge is 0.249 e. The van der Waals surface area contributed by atoms with E-state index in [9.17, 15) is 19.8 Å². The first-order chi connectivity index (χ1) is 22.2. The topological polar surface area (TPSA) is 124 Å². The summed E-state index contributed by atoms with van der Waals surface area (Å²) in [6, 6.07) is 16.8. The van der Waals surface area contributed by atoms with Crippen molar-refractivity contribution in [2.45, 2.75) is 76.7 Å². The van der Waals surface area contributed by atoms with Crippen molar-refractivity contribution in [1.82, 2.24) is 15.2 Å². The Bertz CT molecular complexity index is 1530. The van der Waals surface area contributed by atoms with Gasteiger partial charge in [0.25, 0.3) is 0 Å². The van der Waals surface area contributed by atoms with Gasteiger partial charge in [-0.1, -0.05) is 63.6 Å². The summed E-state index contributed by atoms with van der Waals surface area (Å²) in [6.07, 6.45) is 3.57. The Kier molecular flexibility index (Phi) is 9.82. The second-order valence-corrected chi connectivity index (χ2v) is 13.6. The van der Waals surface area contributed by atoms with Crippen molar-refractivity contribution >= 4 is 22.7 Å². The molecule has 4 N–H and O–H groups in total. The van der Waals surface area contributed by atoms with Gasteiger partial charge in [-0.15, -0.1) is 0 Å². The van der Waals surface area contributed by atoms with Crippen molar-refractivity contribution in [2.24, 2.45) is 17.8 Å². The van der Waals surface area contributed by atoms with Crippen molar-refractivity contribution in [3.8, 4) is 5.75 Å². The quantitative estimate of drug-likeness (QED) is 0.250. The number of hydrogen-bond acceptors (Lipinski definition) is 6. The van der Waals surface area contributed by atoms with E-state index in [0.29, 0.717) is 42.0 Å². The van der Waals surface area contributed by atoms with Crippen molar-refractivity contribution in [2.75, 3.05) is 26.3 Å². The first-order valence-electron chi connectivity index (χ1n) is 16.8. The van der Waals surface area contributed by atoms with Gasteiger partial charge in [-0.3, -0.25) is 9.59 Å². The Morgan fingerprint density at radius 3 is 2.70 bits per heavy atom. The number of aromatic nitrogens is 1. The number of H-pyrrole nitrogens is 1. The van der Waals surface area contributed by atoms with Crippen molar-refractivity contribution < 1.29 is 29.3 Å². The molecule has 0 spiro atoms. The number of aliphatic hydroxyl groups is 2. The number of hydrogen-bond donors (Lipinski definition) is 4. The molecule has 9 nitrogen and oxygen atoms in total. The number of fused-ring (bicyclic) bond motifs is 4. The standard InChI is InChI=1S/C37H47N3O6/c1-22(2)26-13-12-23(3)18-32(26)45-21-33(42)40(16-14-25-19-24-8-4-6-10-29(24)39-25)30-20-28(37(44)38-15-17-41)34-27-9-5-7-11-31(27)46-36(34)35(30)43/h4-11,19-20,22-23,26,30,32,34-36,39,41,43H,12-18,21H2,1-3H3,(H,38,44). The van der Waals surface area contributed by atoms with Crippen LogP contribution < -0.4 is 10.1 Å². The van der Waals surface area contributed by atoms with Crippen LogP contribution in [-0.4, -0.2) is 82.6 Å². The lowest BCUT2D eigenvalue weighted by molar-refractivity contribution is -0.147. The van der Waals surface area contributed by atoms with Crippen LogP contribution in [0.25, 0.3) is 10.9 Å². The van der Waals surface area contributed by atoms with Crippen LogP contribution in [0.2, 0.25) is 0 Å². The van der Waals surface area contributed by atoms with Gasteiger partial charge in [-0.2, -0.15) is 0 Å². The third-order valence-corrected chi connectivity index (χ3v) is 10.1. The highest BCUT2D eigenvalue weighted by Crippen LogP contribution is 2.47. The van der Waals surface area contributed by atoms with Crippen LogP contribution >= 0.6 is 0 Å². The summed E-state index contributed by atoms with van der Waals surface area (Å²) < 4.78 is 12.7. The fraction of sp³-hybridized carbons (Fsp3) is 0.514. The maximum Gasteiger partial charge on any atom is 0.249 e. The van der Waals surface area contributed by atoms with Gasteiger partial charge in [0.2, 0.25) is 11.8 Å². The van der Waals surface area contributed by atoms with E-state index in [-0.39, 0.29) is 37.7 Å². The molecule has 0 saturated heterocycles. The van der Waals surface area contributed by atoms with Gasteiger partial charge in [0.15, 0.2) is 0 Å². The van der Waals surface area contributed by atoms with Gasteiger partial charge in [-0.05, 0) is 60.3 Å².